The van der Waals surface area contributed by atoms with Gasteiger partial charge in [-0.3, -0.25) is 9.59 Å². The van der Waals surface area contributed by atoms with Gasteiger partial charge in [-0.2, -0.15) is 13.2 Å². The molecule has 0 aliphatic heterocycles. The minimum atomic E-state index is -4.56. The summed E-state index contributed by atoms with van der Waals surface area (Å²) in [6.45, 7) is 0. The number of rotatable bonds is 5. The van der Waals surface area contributed by atoms with Crippen LogP contribution in [0.4, 0.5) is 13.2 Å². The molecule has 0 fully saturated rings. The second-order valence-electron chi connectivity index (χ2n) is 5.34. The summed E-state index contributed by atoms with van der Waals surface area (Å²) in [6, 6.07) is 9.95. The van der Waals surface area contributed by atoms with E-state index in [9.17, 15) is 22.8 Å². The Labute approximate surface area is 150 Å². The van der Waals surface area contributed by atoms with E-state index in [1.54, 1.807) is 24.3 Å². The minimum Gasteiger partial charge on any atom is -0.368 e. The number of carbonyl (C=O) groups excluding carboxylic acids is 2. The molecule has 0 radical (unpaired) electrons. The summed E-state index contributed by atoms with van der Waals surface area (Å²) in [4.78, 5) is 23.8. The number of hydrogen-bond acceptors (Lipinski definition) is 2. The van der Waals surface area contributed by atoms with Crippen molar-refractivity contribution in [1.29, 1.82) is 0 Å². The van der Waals surface area contributed by atoms with Crippen LogP contribution in [0, 0.1) is 0 Å². The first-order chi connectivity index (χ1) is 11.7. The van der Waals surface area contributed by atoms with Crippen molar-refractivity contribution >= 4 is 27.7 Å². The monoisotopic (exact) mass is 414 g/mol. The zero-order valence-corrected chi connectivity index (χ0v) is 14.4. The molecule has 2 amide bonds. The Morgan fingerprint density at radius 1 is 1.12 bits per heavy atom. The van der Waals surface area contributed by atoms with Crippen molar-refractivity contribution < 1.29 is 22.8 Å². The Bertz CT molecular complexity index is 776. The molecule has 0 spiro atoms. The maximum atomic E-state index is 12.7. The molecule has 2 rings (SSSR count). The van der Waals surface area contributed by atoms with Crippen LogP contribution in [0.2, 0.25) is 0 Å². The predicted octanol–water partition coefficient (Wildman–Crippen LogP) is 3.29. The number of hydrogen-bond donors (Lipinski definition) is 2. The molecule has 132 valence electrons. The van der Waals surface area contributed by atoms with Crippen molar-refractivity contribution in [1.82, 2.24) is 5.32 Å². The number of nitrogens with one attached hydrogen (secondary N) is 1. The van der Waals surface area contributed by atoms with E-state index in [2.05, 4.69) is 21.2 Å². The molecule has 3 N–H and O–H groups in total. The van der Waals surface area contributed by atoms with Crippen molar-refractivity contribution in [3.63, 3.8) is 0 Å². The van der Waals surface area contributed by atoms with Crippen LogP contribution in [-0.2, 0) is 17.4 Å². The molecule has 0 unspecified atom stereocenters. The van der Waals surface area contributed by atoms with Crippen LogP contribution < -0.4 is 11.1 Å². The zero-order valence-electron chi connectivity index (χ0n) is 12.8. The molecule has 25 heavy (non-hydrogen) atoms. The Kier molecular flexibility index (Phi) is 5.84. The third-order valence-corrected chi connectivity index (χ3v) is 3.98. The average Bonchev–Trinajstić information content (AvgIpc) is 2.55. The summed E-state index contributed by atoms with van der Waals surface area (Å²) in [5.41, 5.74) is 4.91. The highest BCUT2D eigenvalue weighted by molar-refractivity contribution is 9.10. The number of halogens is 4. The smallest absolute Gasteiger partial charge is 0.368 e. The van der Waals surface area contributed by atoms with E-state index in [0.717, 1.165) is 28.2 Å². The maximum Gasteiger partial charge on any atom is 0.416 e. The number of amides is 2. The van der Waals surface area contributed by atoms with Gasteiger partial charge in [-0.05, 0) is 35.9 Å². The molecule has 0 saturated carbocycles. The number of alkyl halides is 3. The molecular weight excluding hydrogens is 401 g/mol. The Hall–Kier alpha value is -2.35. The molecule has 0 saturated heterocycles. The van der Waals surface area contributed by atoms with Gasteiger partial charge in [-0.25, -0.2) is 0 Å². The molecule has 1 atom stereocenters. The first-order valence-electron chi connectivity index (χ1n) is 7.18. The lowest BCUT2D eigenvalue weighted by Gasteiger charge is -2.16. The summed E-state index contributed by atoms with van der Waals surface area (Å²) in [7, 11) is 0. The van der Waals surface area contributed by atoms with Crippen LogP contribution in [0.15, 0.2) is 53.0 Å². The maximum absolute atomic E-state index is 12.7. The highest BCUT2D eigenvalue weighted by Gasteiger charge is 2.31. The molecule has 8 heteroatoms. The van der Waals surface area contributed by atoms with Crippen LogP contribution in [0.1, 0.15) is 21.5 Å². The molecule has 0 heterocycles. The van der Waals surface area contributed by atoms with Crippen molar-refractivity contribution in [2.75, 3.05) is 0 Å². The fourth-order valence-electron chi connectivity index (χ4n) is 2.16. The highest BCUT2D eigenvalue weighted by atomic mass is 79.9. The molecule has 2 aromatic carbocycles. The average molecular weight is 415 g/mol. The lowest BCUT2D eigenvalue weighted by Crippen LogP contribution is -2.45. The molecular formula is C17H14BrF3N2O2. The van der Waals surface area contributed by atoms with Gasteiger partial charge in [-0.15, -0.1) is 0 Å². The van der Waals surface area contributed by atoms with Gasteiger partial charge in [0.2, 0.25) is 5.91 Å². The van der Waals surface area contributed by atoms with Crippen LogP contribution in [0.25, 0.3) is 0 Å². The van der Waals surface area contributed by atoms with Crippen molar-refractivity contribution in [3.8, 4) is 0 Å². The normalized spacial score (nSPS) is 12.5. The molecule has 0 aliphatic rings. The lowest BCUT2D eigenvalue weighted by atomic mass is 10.0. The standard InChI is InChI=1S/C17H14BrF3N2O2/c18-13-6-4-10(5-7-13)8-14(15(22)24)23-16(25)11-2-1-3-12(9-11)17(19,20)21/h1-7,9,14H,8H2,(H2,22,24)(H,23,25)/t14-/m1/s1. The van der Waals surface area contributed by atoms with Gasteiger partial charge >= 0.3 is 6.18 Å². The topological polar surface area (TPSA) is 72.2 Å². The summed E-state index contributed by atoms with van der Waals surface area (Å²) in [5, 5.41) is 2.38. The highest BCUT2D eigenvalue weighted by Crippen LogP contribution is 2.29. The van der Waals surface area contributed by atoms with Gasteiger partial charge in [0, 0.05) is 16.5 Å². The van der Waals surface area contributed by atoms with Gasteiger partial charge in [0.1, 0.15) is 6.04 Å². The molecule has 0 bridgehead atoms. The van der Waals surface area contributed by atoms with E-state index >= 15 is 0 Å². The summed E-state index contributed by atoms with van der Waals surface area (Å²) in [6.07, 6.45) is -4.43. The van der Waals surface area contributed by atoms with Crippen LogP contribution in [-0.4, -0.2) is 17.9 Å². The fraction of sp³-hybridized carbons (Fsp3) is 0.176. The van der Waals surface area contributed by atoms with Crippen LogP contribution in [0.3, 0.4) is 0 Å². The van der Waals surface area contributed by atoms with Gasteiger partial charge in [0.25, 0.3) is 5.91 Å². The van der Waals surface area contributed by atoms with E-state index in [0.29, 0.717) is 0 Å². The van der Waals surface area contributed by atoms with E-state index in [1.165, 1.54) is 6.07 Å². The number of benzene rings is 2. The van der Waals surface area contributed by atoms with E-state index in [4.69, 9.17) is 5.73 Å². The van der Waals surface area contributed by atoms with Gasteiger partial charge in [0.05, 0.1) is 5.56 Å². The van der Waals surface area contributed by atoms with E-state index in [1.807, 2.05) is 0 Å². The molecule has 0 aliphatic carbocycles. The number of primary amides is 1. The van der Waals surface area contributed by atoms with Crippen molar-refractivity contribution in [3.05, 3.63) is 69.7 Å². The minimum absolute atomic E-state index is 0.132. The van der Waals surface area contributed by atoms with Gasteiger partial charge in [-0.1, -0.05) is 34.1 Å². The fourth-order valence-corrected chi connectivity index (χ4v) is 2.42. The SMILES string of the molecule is NC(=O)[C@@H](Cc1ccc(Br)cc1)NC(=O)c1cccc(C(F)(F)F)c1. The molecule has 2 aromatic rings. The van der Waals surface area contributed by atoms with Gasteiger partial charge in [0.15, 0.2) is 0 Å². The van der Waals surface area contributed by atoms with Gasteiger partial charge < -0.3 is 11.1 Å². The first kappa shape index (κ1) is 19.0. The Morgan fingerprint density at radius 2 is 1.76 bits per heavy atom. The lowest BCUT2D eigenvalue weighted by molar-refractivity contribution is -0.137. The number of carbonyl (C=O) groups is 2. The summed E-state index contributed by atoms with van der Waals surface area (Å²) < 4.78 is 39.0. The second kappa shape index (κ2) is 7.69. The third-order valence-electron chi connectivity index (χ3n) is 3.45. The summed E-state index contributed by atoms with van der Waals surface area (Å²) in [5.74, 6) is -1.57. The van der Waals surface area contributed by atoms with Crippen molar-refractivity contribution in [2.45, 2.75) is 18.6 Å². The third kappa shape index (κ3) is 5.32. The Morgan fingerprint density at radius 3 is 2.32 bits per heavy atom. The van der Waals surface area contributed by atoms with Crippen LogP contribution in [0.5, 0.6) is 0 Å². The zero-order chi connectivity index (χ0) is 18.6. The van der Waals surface area contributed by atoms with E-state index < -0.39 is 29.6 Å². The molecule has 0 aromatic heterocycles. The predicted molar refractivity (Wildman–Crippen MR) is 89.7 cm³/mol. The van der Waals surface area contributed by atoms with E-state index in [-0.39, 0.29) is 12.0 Å². The largest absolute Gasteiger partial charge is 0.416 e. The second-order valence-corrected chi connectivity index (χ2v) is 6.25. The Balaban J connectivity index is 2.15. The van der Waals surface area contributed by atoms with Crippen molar-refractivity contribution in [2.24, 2.45) is 5.73 Å². The quantitative estimate of drug-likeness (QED) is 0.787. The molecule has 4 nitrogen and oxygen atoms in total. The van der Waals surface area contributed by atoms with Crippen LogP contribution >= 0.6 is 15.9 Å². The first-order valence-corrected chi connectivity index (χ1v) is 7.98. The summed E-state index contributed by atoms with van der Waals surface area (Å²) >= 11 is 3.28. The number of nitrogens with two attached hydrogens (primary N) is 1.